The predicted octanol–water partition coefficient (Wildman–Crippen LogP) is 6.02. The third kappa shape index (κ3) is 54.7. The minimum absolute atomic E-state index is 0.00152. The van der Waals surface area contributed by atoms with E-state index in [1.807, 2.05) is 54.6 Å². The lowest BCUT2D eigenvalue weighted by Crippen LogP contribution is -2.37. The summed E-state index contributed by atoms with van der Waals surface area (Å²) in [5, 5.41) is 18.5. The molecule has 0 aliphatic rings. The van der Waals surface area contributed by atoms with Gasteiger partial charge in [-0.05, 0) is 48.7 Å². The average Bonchev–Trinajstić information content (AvgIpc) is 0.741. The number of rotatable bonds is 83. The molecule has 4 N–H and O–H groups in total. The quantitative estimate of drug-likeness (QED) is 0.00864. The number of carbonyl (C=O) groups excluding carboxylic acids is 1. The number of fused-ring (bicyclic) bond motifs is 3. The van der Waals surface area contributed by atoms with Crippen LogP contribution in [0, 0.1) is 0 Å². The van der Waals surface area contributed by atoms with Crippen LogP contribution < -0.4 is 15.6 Å². The maximum Gasteiger partial charge on any atom is 0.305 e. The highest BCUT2D eigenvalue weighted by Gasteiger charge is 2.24. The summed E-state index contributed by atoms with van der Waals surface area (Å²) in [6, 6.07) is 21.9. The molecule has 0 fully saturated rings. The van der Waals surface area contributed by atoms with Crippen molar-refractivity contribution in [3.8, 4) is 11.3 Å². The maximum atomic E-state index is 12.6. The largest absolute Gasteiger partial charge is 0.481 e. The molecule has 33 nitrogen and oxygen atoms in total. The second-order valence-electron chi connectivity index (χ2n) is 23.6. The monoisotopic (exact) mass is 1550 g/mol. The number of carbonyl (C=O) groups is 2. The first-order valence-corrected chi connectivity index (χ1v) is 38.1. The number of amides is 1. The standard InChI is InChI=1S/C76H124N6O27/c77-68-10-12-71-70-13-11-69(80-81-78)66-72(70)76(67-7-3-1-4-8-67)82(73(71)65-68)16-6-2-5-9-74(83)79-15-18-87-20-22-89-24-26-91-28-30-93-32-34-95-36-38-97-40-42-99-44-46-101-48-50-103-52-54-105-56-58-107-60-62-109-64-63-108-61-59-106-57-55-104-53-51-102-49-47-100-45-43-98-41-39-96-37-35-94-33-31-92-29-27-90-25-23-88-21-19-86-17-14-75(84)85/h1,3-4,7-8,10-13,65-66,77H,2,5-6,9,14-64H2,(H2,79,83,84,85)/p+1. The van der Waals surface area contributed by atoms with Crippen molar-refractivity contribution in [2.24, 2.45) is 5.11 Å². The Morgan fingerprint density at radius 3 is 0.963 bits per heavy atom. The van der Waals surface area contributed by atoms with Crippen LogP contribution in [0.5, 0.6) is 0 Å². The molecule has 33 heteroatoms. The Hall–Kier alpha value is -5.58. The number of hydrogen-bond acceptors (Lipinski definition) is 28. The zero-order chi connectivity index (χ0) is 77.1. The highest BCUT2D eigenvalue weighted by molar-refractivity contribution is 6.10. The van der Waals surface area contributed by atoms with Gasteiger partial charge in [0.05, 0.1) is 334 Å². The van der Waals surface area contributed by atoms with E-state index in [1.165, 1.54) is 0 Å². The molecule has 0 unspecified atom stereocenters. The van der Waals surface area contributed by atoms with Gasteiger partial charge in [-0.3, -0.25) is 9.59 Å². The minimum atomic E-state index is -0.882. The second kappa shape index (κ2) is 72.6. The van der Waals surface area contributed by atoms with Gasteiger partial charge in [-0.15, -0.1) is 0 Å². The van der Waals surface area contributed by atoms with Crippen molar-refractivity contribution in [3.63, 3.8) is 0 Å². The number of unbranched alkanes of at least 4 members (excludes halogenated alkanes) is 2. The van der Waals surface area contributed by atoms with E-state index in [0.717, 1.165) is 52.2 Å². The SMILES string of the molecule is [N-]=[N+]=Nc1ccc2c(c1)c(-c1ccccc1)[n+](CCCCCC(=O)NCCOCCOCCOCCOCCOCCOCCOCCOCCOCCOCCOCCOCCOCCOCCOCCOCCOCCOCCOCCOCCOCCOCCOCCOCCC(=O)O)c1cc(N)ccc21. The summed E-state index contributed by atoms with van der Waals surface area (Å²) >= 11 is 0. The Bertz CT molecular complexity index is 2830. The molecule has 0 bridgehead atoms. The molecule has 4 rings (SSSR count). The zero-order valence-electron chi connectivity index (χ0n) is 64.2. The number of aliphatic carboxylic acids is 1. The zero-order valence-corrected chi connectivity index (χ0v) is 64.2. The molecule has 0 saturated heterocycles. The Labute approximate surface area is 642 Å². The van der Waals surface area contributed by atoms with Crippen LogP contribution in [0.25, 0.3) is 43.4 Å². The van der Waals surface area contributed by atoms with E-state index in [9.17, 15) is 9.59 Å². The van der Waals surface area contributed by atoms with E-state index in [0.29, 0.717) is 341 Å². The molecule has 0 saturated carbocycles. The van der Waals surface area contributed by atoms with E-state index in [1.54, 1.807) is 0 Å². The van der Waals surface area contributed by atoms with Crippen LogP contribution in [0.15, 0.2) is 71.8 Å². The number of nitrogens with zero attached hydrogens (tertiary/aromatic N) is 4. The normalized spacial score (nSPS) is 11.6. The number of nitrogens with one attached hydrogen (secondary N) is 1. The van der Waals surface area contributed by atoms with Gasteiger partial charge in [0, 0.05) is 52.7 Å². The predicted molar refractivity (Wildman–Crippen MR) is 404 cm³/mol. The Morgan fingerprint density at radius 2 is 0.651 bits per heavy atom. The van der Waals surface area contributed by atoms with Crippen LogP contribution in [0.4, 0.5) is 11.4 Å². The number of ether oxygens (including phenoxy) is 24. The lowest BCUT2D eigenvalue weighted by atomic mass is 9.98. The van der Waals surface area contributed by atoms with E-state index in [4.69, 9.17) is 130 Å². The first-order chi connectivity index (χ1) is 54.0. The van der Waals surface area contributed by atoms with Crippen molar-refractivity contribution in [2.75, 3.05) is 329 Å². The maximum absolute atomic E-state index is 12.6. The number of aromatic nitrogens is 1. The molecule has 1 heterocycles. The number of anilines is 1. The lowest BCUT2D eigenvalue weighted by molar-refractivity contribution is -0.659. The number of aryl methyl sites for hydroxylation is 1. The van der Waals surface area contributed by atoms with Gasteiger partial charge in [0.2, 0.25) is 17.1 Å². The van der Waals surface area contributed by atoms with Crippen molar-refractivity contribution in [1.82, 2.24) is 5.32 Å². The van der Waals surface area contributed by atoms with Crippen LogP contribution in [0.1, 0.15) is 32.1 Å². The summed E-state index contributed by atoms with van der Waals surface area (Å²) in [4.78, 5) is 26.0. The topological polar surface area (TPSA) is 367 Å². The molecule has 1 aromatic heterocycles. The van der Waals surface area contributed by atoms with E-state index >= 15 is 0 Å². The molecule has 0 aliphatic carbocycles. The fraction of sp³-hybridized carbons (Fsp3) is 0.724. The van der Waals surface area contributed by atoms with Crippen molar-refractivity contribution in [3.05, 3.63) is 77.2 Å². The Balaban J connectivity index is 0.734. The molecule has 620 valence electrons. The van der Waals surface area contributed by atoms with Crippen LogP contribution in [-0.2, 0) is 130 Å². The number of pyridine rings is 1. The smallest absolute Gasteiger partial charge is 0.305 e. The van der Waals surface area contributed by atoms with Crippen molar-refractivity contribution in [1.29, 1.82) is 0 Å². The molecule has 109 heavy (non-hydrogen) atoms. The number of nitrogens with two attached hydrogens (primary N) is 1. The minimum Gasteiger partial charge on any atom is -0.481 e. The number of carboxylic acids is 1. The van der Waals surface area contributed by atoms with Gasteiger partial charge in [0.1, 0.15) is 6.54 Å². The lowest BCUT2D eigenvalue weighted by Gasteiger charge is -2.13. The Morgan fingerprint density at radius 1 is 0.349 bits per heavy atom. The molecular formula is C76H125N6O27+. The summed E-state index contributed by atoms with van der Waals surface area (Å²) in [6.45, 7) is 22.9. The fourth-order valence-electron chi connectivity index (χ4n) is 9.88. The first kappa shape index (κ1) is 95.8. The van der Waals surface area contributed by atoms with E-state index in [2.05, 4.69) is 32.0 Å². The first-order valence-electron chi connectivity index (χ1n) is 38.1. The summed E-state index contributed by atoms with van der Waals surface area (Å²) in [5.74, 6) is -0.883. The second-order valence-corrected chi connectivity index (χ2v) is 23.6. The van der Waals surface area contributed by atoms with E-state index in [-0.39, 0.29) is 18.9 Å². The summed E-state index contributed by atoms with van der Waals surface area (Å²) in [6.07, 6.45) is 2.88. The van der Waals surface area contributed by atoms with Crippen molar-refractivity contribution in [2.45, 2.75) is 38.6 Å². The van der Waals surface area contributed by atoms with Crippen molar-refractivity contribution >= 4 is 44.9 Å². The summed E-state index contributed by atoms with van der Waals surface area (Å²) < 4.78 is 135. The molecule has 0 spiro atoms. The fourth-order valence-corrected chi connectivity index (χ4v) is 9.88. The van der Waals surface area contributed by atoms with Crippen LogP contribution in [-0.4, -0.2) is 341 Å². The van der Waals surface area contributed by atoms with Gasteiger partial charge in [-0.2, -0.15) is 4.57 Å². The van der Waals surface area contributed by atoms with Gasteiger partial charge in [0.25, 0.3) is 0 Å². The number of hydrogen-bond donors (Lipinski definition) is 3. The highest BCUT2D eigenvalue weighted by atomic mass is 16.6. The molecular weight excluding hydrogens is 1430 g/mol. The van der Waals surface area contributed by atoms with Crippen molar-refractivity contribution < 1.29 is 133 Å². The van der Waals surface area contributed by atoms with Gasteiger partial charge in [-0.25, -0.2) is 0 Å². The van der Waals surface area contributed by atoms with Gasteiger partial charge < -0.3 is 130 Å². The molecule has 4 aromatic rings. The summed E-state index contributed by atoms with van der Waals surface area (Å²) in [7, 11) is 0. The van der Waals surface area contributed by atoms with E-state index < -0.39 is 5.97 Å². The third-order valence-corrected chi connectivity index (χ3v) is 15.2. The Kier molecular flexibility index (Phi) is 63.8. The number of nitrogen functional groups attached to an aromatic ring is 1. The van der Waals surface area contributed by atoms with Gasteiger partial charge in [-0.1, -0.05) is 35.4 Å². The molecule has 0 aliphatic heterocycles. The highest BCUT2D eigenvalue weighted by Crippen LogP contribution is 2.35. The number of carboxylic acid groups (broad SMARTS) is 1. The third-order valence-electron chi connectivity index (χ3n) is 15.2. The molecule has 0 radical (unpaired) electrons. The molecule has 0 atom stereocenters. The van der Waals surface area contributed by atoms with Crippen LogP contribution >= 0.6 is 0 Å². The molecule has 1 amide bonds. The van der Waals surface area contributed by atoms with Gasteiger partial charge >= 0.3 is 5.97 Å². The van der Waals surface area contributed by atoms with Crippen LogP contribution in [0.3, 0.4) is 0 Å². The van der Waals surface area contributed by atoms with Gasteiger partial charge in [0.15, 0.2) is 0 Å². The number of azide groups is 1. The molecule has 3 aromatic carbocycles. The summed E-state index contributed by atoms with van der Waals surface area (Å²) in [5.41, 5.74) is 19.8. The number of benzene rings is 3. The van der Waals surface area contributed by atoms with Crippen LogP contribution in [0.2, 0.25) is 0 Å². The average molecular weight is 1550 g/mol.